The van der Waals surface area contributed by atoms with E-state index >= 15 is 0 Å². The van der Waals surface area contributed by atoms with Gasteiger partial charge in [0.25, 0.3) is 5.91 Å². The summed E-state index contributed by atoms with van der Waals surface area (Å²) in [6.07, 6.45) is 0.628. The largest absolute Gasteiger partial charge is 0.493 e. The fourth-order valence-electron chi connectivity index (χ4n) is 3.51. The van der Waals surface area contributed by atoms with E-state index in [1.165, 1.54) is 33.2 Å². The third kappa shape index (κ3) is 7.79. The number of nitrogens with zero attached hydrogens (tertiary/aromatic N) is 1. The van der Waals surface area contributed by atoms with Crippen LogP contribution < -0.4 is 19.5 Å². The molecule has 1 amide bonds. The maximum Gasteiger partial charge on any atom is 0.328 e. The van der Waals surface area contributed by atoms with Gasteiger partial charge in [0.2, 0.25) is 5.75 Å². The first kappa shape index (κ1) is 27.2. The Kier molecular flexibility index (Phi) is 9.60. The van der Waals surface area contributed by atoms with E-state index < -0.39 is 36.1 Å². The molecule has 0 fully saturated rings. The van der Waals surface area contributed by atoms with Crippen molar-refractivity contribution in [2.75, 3.05) is 7.11 Å². The minimum absolute atomic E-state index is 0.137. The molecule has 9 heteroatoms. The number of hydrogen-bond acceptors (Lipinski definition) is 8. The number of benzene rings is 2. The first-order chi connectivity index (χ1) is 17.8. The highest BCUT2D eigenvalue weighted by Crippen LogP contribution is 2.29. The lowest BCUT2D eigenvalue weighted by molar-refractivity contribution is -0.155. The van der Waals surface area contributed by atoms with E-state index in [-0.39, 0.29) is 17.2 Å². The molecule has 37 heavy (non-hydrogen) atoms. The van der Waals surface area contributed by atoms with Crippen molar-refractivity contribution in [1.29, 1.82) is 0 Å². The summed E-state index contributed by atoms with van der Waals surface area (Å²) < 4.78 is 22.1. The van der Waals surface area contributed by atoms with Crippen LogP contribution >= 0.6 is 0 Å². The van der Waals surface area contributed by atoms with Crippen LogP contribution in [0.25, 0.3) is 0 Å². The van der Waals surface area contributed by atoms with Crippen molar-refractivity contribution >= 4 is 17.8 Å². The Labute approximate surface area is 215 Å². The van der Waals surface area contributed by atoms with Crippen LogP contribution in [0.15, 0.2) is 72.9 Å². The molecule has 0 radical (unpaired) electrons. The number of para-hydroxylation sites is 1. The Morgan fingerprint density at radius 2 is 1.59 bits per heavy atom. The molecule has 0 aliphatic heterocycles. The summed E-state index contributed by atoms with van der Waals surface area (Å²) in [5.41, 5.74) is 0.767. The molecular formula is C28H30N2O7. The van der Waals surface area contributed by atoms with Crippen LogP contribution in [0.3, 0.4) is 0 Å². The first-order valence-electron chi connectivity index (χ1n) is 11.8. The molecule has 0 bridgehead atoms. The fourth-order valence-corrected chi connectivity index (χ4v) is 3.51. The molecule has 0 saturated heterocycles. The lowest BCUT2D eigenvalue weighted by Gasteiger charge is -2.26. The van der Waals surface area contributed by atoms with Crippen molar-refractivity contribution in [3.8, 4) is 17.2 Å². The highest BCUT2D eigenvalue weighted by molar-refractivity contribution is 5.98. The van der Waals surface area contributed by atoms with Crippen LogP contribution in [0.1, 0.15) is 36.8 Å². The monoisotopic (exact) mass is 506 g/mol. The summed E-state index contributed by atoms with van der Waals surface area (Å²) in [6.45, 7) is 4.51. The number of amides is 1. The standard InChI is InChI=1S/C28H30N2O7/c1-18(30-27(32)25-26(36-20(3)31)23(34-4)15-16-29-25)28(33)37-24(17-21-11-7-5-8-12-21)19(2)35-22-13-9-6-10-14-22/h5-16,18-19,24H,17H2,1-4H3,(H,30,32)/t18-,19-,24?/m0/s1. The Hall–Kier alpha value is -4.40. The van der Waals surface area contributed by atoms with Crippen molar-refractivity contribution < 1.29 is 33.3 Å². The second-order valence-electron chi connectivity index (χ2n) is 8.28. The smallest absolute Gasteiger partial charge is 0.328 e. The predicted octanol–water partition coefficient (Wildman–Crippen LogP) is 3.76. The van der Waals surface area contributed by atoms with Crippen molar-refractivity contribution in [3.05, 3.63) is 84.2 Å². The molecule has 0 aliphatic carbocycles. The molecule has 194 valence electrons. The van der Waals surface area contributed by atoms with Crippen LogP contribution in [-0.2, 0) is 20.7 Å². The van der Waals surface area contributed by atoms with Gasteiger partial charge in [0.1, 0.15) is 24.0 Å². The summed E-state index contributed by atoms with van der Waals surface area (Å²) >= 11 is 0. The first-order valence-corrected chi connectivity index (χ1v) is 11.8. The van der Waals surface area contributed by atoms with E-state index in [9.17, 15) is 14.4 Å². The molecule has 9 nitrogen and oxygen atoms in total. The van der Waals surface area contributed by atoms with E-state index in [1.54, 1.807) is 0 Å². The van der Waals surface area contributed by atoms with Gasteiger partial charge in [-0.3, -0.25) is 9.59 Å². The van der Waals surface area contributed by atoms with E-state index in [1.807, 2.05) is 67.6 Å². The SMILES string of the molecule is COc1ccnc(C(=O)N[C@@H](C)C(=O)OC(Cc2ccccc2)[C@H](C)Oc2ccccc2)c1OC(C)=O. The third-order valence-corrected chi connectivity index (χ3v) is 5.39. The van der Waals surface area contributed by atoms with Crippen LogP contribution in [-0.4, -0.2) is 48.2 Å². The highest BCUT2D eigenvalue weighted by Gasteiger charge is 2.29. The molecule has 3 atom stereocenters. The molecule has 2 aromatic carbocycles. The van der Waals surface area contributed by atoms with Crippen LogP contribution in [0.5, 0.6) is 17.2 Å². The molecule has 3 aromatic rings. The van der Waals surface area contributed by atoms with Crippen LogP contribution in [0.4, 0.5) is 0 Å². The second-order valence-corrected chi connectivity index (χ2v) is 8.28. The van der Waals surface area contributed by atoms with E-state index in [0.29, 0.717) is 12.2 Å². The average molecular weight is 507 g/mol. The zero-order chi connectivity index (χ0) is 26.8. The molecule has 1 N–H and O–H groups in total. The normalized spacial score (nSPS) is 13.0. The number of ether oxygens (including phenoxy) is 4. The summed E-state index contributed by atoms with van der Waals surface area (Å²) in [5.74, 6) is -1.37. The molecule has 1 aromatic heterocycles. The Morgan fingerprint density at radius 3 is 2.22 bits per heavy atom. The van der Waals surface area contributed by atoms with Crippen molar-refractivity contribution in [2.24, 2.45) is 0 Å². The molecule has 0 spiro atoms. The van der Waals surface area contributed by atoms with Gasteiger partial charge in [-0.15, -0.1) is 0 Å². The Bertz CT molecular complexity index is 1200. The minimum atomic E-state index is -1.03. The Balaban J connectivity index is 1.74. The fraction of sp³-hybridized carbons (Fsp3) is 0.286. The van der Waals surface area contributed by atoms with E-state index in [4.69, 9.17) is 18.9 Å². The van der Waals surface area contributed by atoms with Gasteiger partial charge in [-0.25, -0.2) is 9.78 Å². The van der Waals surface area contributed by atoms with Gasteiger partial charge in [-0.1, -0.05) is 48.5 Å². The van der Waals surface area contributed by atoms with Crippen molar-refractivity contribution in [2.45, 2.75) is 45.4 Å². The summed E-state index contributed by atoms with van der Waals surface area (Å²) in [5, 5.41) is 2.56. The predicted molar refractivity (Wildman–Crippen MR) is 136 cm³/mol. The number of pyridine rings is 1. The number of nitrogens with one attached hydrogen (secondary N) is 1. The zero-order valence-electron chi connectivity index (χ0n) is 21.2. The van der Waals surface area contributed by atoms with Gasteiger partial charge in [0, 0.05) is 25.6 Å². The lowest BCUT2D eigenvalue weighted by Crippen LogP contribution is -2.44. The van der Waals surface area contributed by atoms with Gasteiger partial charge in [-0.05, 0) is 31.5 Å². The van der Waals surface area contributed by atoms with Crippen molar-refractivity contribution in [3.63, 3.8) is 0 Å². The number of rotatable bonds is 11. The van der Waals surface area contributed by atoms with Crippen LogP contribution in [0.2, 0.25) is 0 Å². The van der Waals surface area contributed by atoms with E-state index in [2.05, 4.69) is 10.3 Å². The minimum Gasteiger partial charge on any atom is -0.493 e. The van der Waals surface area contributed by atoms with Gasteiger partial charge >= 0.3 is 11.9 Å². The van der Waals surface area contributed by atoms with Crippen molar-refractivity contribution in [1.82, 2.24) is 10.3 Å². The van der Waals surface area contributed by atoms with Gasteiger partial charge in [0.15, 0.2) is 11.4 Å². The Morgan fingerprint density at radius 1 is 0.946 bits per heavy atom. The number of esters is 2. The summed E-state index contributed by atoms with van der Waals surface area (Å²) in [6, 6.07) is 19.2. The number of methoxy groups -OCH3 is 1. The topological polar surface area (TPSA) is 113 Å². The molecule has 3 rings (SSSR count). The van der Waals surface area contributed by atoms with Crippen LogP contribution in [0, 0.1) is 0 Å². The number of aromatic nitrogens is 1. The maximum absolute atomic E-state index is 13.0. The van der Waals surface area contributed by atoms with Gasteiger partial charge < -0.3 is 24.3 Å². The third-order valence-electron chi connectivity index (χ3n) is 5.39. The lowest BCUT2D eigenvalue weighted by atomic mass is 10.0. The molecular weight excluding hydrogens is 476 g/mol. The second kappa shape index (κ2) is 13.1. The number of hydrogen-bond donors (Lipinski definition) is 1. The van der Waals surface area contributed by atoms with Gasteiger partial charge in [0.05, 0.1) is 7.11 Å². The number of carbonyl (C=O) groups is 3. The molecule has 1 heterocycles. The number of carbonyl (C=O) groups excluding carboxylic acids is 3. The highest BCUT2D eigenvalue weighted by atomic mass is 16.6. The van der Waals surface area contributed by atoms with Gasteiger partial charge in [-0.2, -0.15) is 0 Å². The quantitative estimate of drug-likeness (QED) is 0.391. The average Bonchev–Trinajstić information content (AvgIpc) is 2.89. The molecule has 0 aliphatic rings. The molecule has 0 saturated carbocycles. The van der Waals surface area contributed by atoms with E-state index in [0.717, 1.165) is 5.56 Å². The zero-order valence-corrected chi connectivity index (χ0v) is 21.2. The summed E-state index contributed by atoms with van der Waals surface area (Å²) in [7, 11) is 1.37. The maximum atomic E-state index is 13.0. The molecule has 1 unspecified atom stereocenters. The summed E-state index contributed by atoms with van der Waals surface area (Å²) in [4.78, 5) is 41.5.